The maximum atomic E-state index is 13.8. The Bertz CT molecular complexity index is 1590. The molecular weight excluding hydrogens is 615 g/mol. The van der Waals surface area contributed by atoms with Crippen LogP contribution in [0.2, 0.25) is 0 Å². The summed E-state index contributed by atoms with van der Waals surface area (Å²) in [6.45, 7) is 4.38. The van der Waals surface area contributed by atoms with Crippen LogP contribution in [0.15, 0.2) is 66.7 Å². The first kappa shape index (κ1) is 35.2. The number of rotatable bonds is 10. The number of benzene rings is 3. The minimum atomic E-state index is -4.69. The minimum Gasteiger partial charge on any atom is -0.371 e. The molecule has 0 spiro atoms. The summed E-state index contributed by atoms with van der Waals surface area (Å²) in [5.74, 6) is -0.209. The number of ketones is 1. The molecule has 1 saturated heterocycles. The lowest BCUT2D eigenvalue weighted by molar-refractivity contribution is -0.137. The third kappa shape index (κ3) is 9.48. The molecule has 3 aromatic carbocycles. The van der Waals surface area contributed by atoms with Gasteiger partial charge in [0.25, 0.3) is 11.8 Å². The van der Waals surface area contributed by atoms with Crippen LogP contribution in [0.25, 0.3) is 0 Å². The van der Waals surface area contributed by atoms with E-state index in [1.165, 1.54) is 29.4 Å². The smallest absolute Gasteiger partial charge is 0.371 e. The summed E-state index contributed by atoms with van der Waals surface area (Å²) >= 11 is 0. The van der Waals surface area contributed by atoms with E-state index in [1.807, 2.05) is 18.2 Å². The molecule has 2 atom stereocenters. The van der Waals surface area contributed by atoms with E-state index in [-0.39, 0.29) is 5.91 Å². The third-order valence-corrected chi connectivity index (χ3v) is 9.82. The van der Waals surface area contributed by atoms with E-state index in [1.54, 1.807) is 12.1 Å². The number of para-hydroxylation sites is 1. The number of anilines is 2. The molecule has 1 saturated carbocycles. The third-order valence-electron chi connectivity index (χ3n) is 9.82. The quantitative estimate of drug-likeness (QED) is 0.168. The molecule has 2 N–H and O–H groups in total. The molecule has 6 nitrogen and oxygen atoms in total. The van der Waals surface area contributed by atoms with Gasteiger partial charge in [0, 0.05) is 49.4 Å². The molecule has 0 radical (unpaired) electrons. The lowest BCUT2D eigenvalue weighted by Gasteiger charge is -2.25. The Morgan fingerprint density at radius 1 is 0.875 bits per heavy atom. The standard InChI is InChI=1S/C39H46F3N3O3/c1-27-10-2-7-17-36(27)45-22-9-13-29(20-23-45)24-30-18-19-31(37(47)43-21-8-12-28-11-3-4-14-32(46)25-28)26-35(30)44-38(48)33-15-5-6-16-34(33)39(40,41)42/h2,5-7,10,15-19,26,28-29H,3-4,8-9,11-14,20-25H2,1H3,(H,43,47)(H,44,48). The number of nitrogens with one attached hydrogen (secondary N) is 2. The van der Waals surface area contributed by atoms with Crippen LogP contribution in [0.4, 0.5) is 24.5 Å². The normalized spacial score (nSPS) is 18.9. The van der Waals surface area contributed by atoms with E-state index in [0.717, 1.165) is 76.1 Å². The van der Waals surface area contributed by atoms with Gasteiger partial charge in [-0.2, -0.15) is 13.2 Å². The van der Waals surface area contributed by atoms with Crippen molar-refractivity contribution >= 4 is 29.0 Å². The first-order valence-corrected chi connectivity index (χ1v) is 17.3. The van der Waals surface area contributed by atoms with E-state index in [9.17, 15) is 27.6 Å². The monoisotopic (exact) mass is 661 g/mol. The molecule has 256 valence electrons. The Morgan fingerprint density at radius 2 is 1.65 bits per heavy atom. The van der Waals surface area contributed by atoms with Crippen molar-refractivity contribution in [3.8, 4) is 0 Å². The van der Waals surface area contributed by atoms with E-state index in [2.05, 4.69) is 34.6 Å². The molecule has 1 heterocycles. The second kappa shape index (κ2) is 16.3. The number of halogens is 3. The van der Waals surface area contributed by atoms with Crippen molar-refractivity contribution in [3.63, 3.8) is 0 Å². The number of Topliss-reactive ketones (excluding diaryl/α,β-unsaturated/α-hetero) is 1. The van der Waals surface area contributed by atoms with Gasteiger partial charge < -0.3 is 15.5 Å². The fraction of sp³-hybridized carbons (Fsp3) is 0.462. The zero-order valence-electron chi connectivity index (χ0n) is 27.7. The lowest BCUT2D eigenvalue weighted by atomic mass is 9.91. The van der Waals surface area contributed by atoms with Crippen molar-refractivity contribution in [3.05, 3.63) is 94.5 Å². The molecule has 3 aromatic rings. The Hall–Kier alpha value is -4.14. The molecule has 0 bridgehead atoms. The lowest BCUT2D eigenvalue weighted by Crippen LogP contribution is -2.26. The highest BCUT2D eigenvalue weighted by molar-refractivity contribution is 6.06. The average Bonchev–Trinajstić information content (AvgIpc) is 3.43. The fourth-order valence-corrected chi connectivity index (χ4v) is 7.19. The predicted octanol–water partition coefficient (Wildman–Crippen LogP) is 8.77. The molecule has 48 heavy (non-hydrogen) atoms. The van der Waals surface area contributed by atoms with Gasteiger partial charge in [0.1, 0.15) is 5.78 Å². The molecular formula is C39H46F3N3O3. The number of hydrogen-bond donors (Lipinski definition) is 2. The number of carbonyl (C=O) groups excluding carboxylic acids is 3. The SMILES string of the molecule is Cc1ccccc1N1CCCC(Cc2ccc(C(=O)NCCCC3CCCCC(=O)C3)cc2NC(=O)c2ccccc2C(F)(F)F)CC1. The van der Waals surface area contributed by atoms with Crippen molar-refractivity contribution in [2.75, 3.05) is 29.9 Å². The average molecular weight is 662 g/mol. The molecule has 1 aliphatic carbocycles. The number of carbonyl (C=O) groups is 3. The predicted molar refractivity (Wildman–Crippen MR) is 183 cm³/mol. The van der Waals surface area contributed by atoms with Gasteiger partial charge in [-0.1, -0.05) is 49.2 Å². The van der Waals surface area contributed by atoms with Crippen molar-refractivity contribution < 1.29 is 27.6 Å². The van der Waals surface area contributed by atoms with Gasteiger partial charge in [-0.05, 0) is 105 Å². The maximum absolute atomic E-state index is 13.8. The van der Waals surface area contributed by atoms with E-state index in [0.29, 0.717) is 54.7 Å². The van der Waals surface area contributed by atoms with Gasteiger partial charge in [-0.3, -0.25) is 14.4 Å². The van der Waals surface area contributed by atoms with Gasteiger partial charge in [-0.25, -0.2) is 0 Å². The summed E-state index contributed by atoms with van der Waals surface area (Å²) in [6, 6.07) is 18.2. The van der Waals surface area contributed by atoms with Crippen LogP contribution in [-0.2, 0) is 17.4 Å². The number of amides is 2. The minimum absolute atomic E-state index is 0.299. The first-order chi connectivity index (χ1) is 23.1. The van der Waals surface area contributed by atoms with E-state index >= 15 is 0 Å². The van der Waals surface area contributed by atoms with Crippen molar-refractivity contribution in [1.82, 2.24) is 5.32 Å². The molecule has 2 unspecified atom stereocenters. The summed E-state index contributed by atoms with van der Waals surface area (Å²) in [7, 11) is 0. The molecule has 2 fully saturated rings. The van der Waals surface area contributed by atoms with Crippen molar-refractivity contribution in [2.24, 2.45) is 11.8 Å². The fourth-order valence-electron chi connectivity index (χ4n) is 7.19. The van der Waals surface area contributed by atoms with Crippen LogP contribution in [0.1, 0.15) is 102 Å². The van der Waals surface area contributed by atoms with Crippen molar-refractivity contribution in [1.29, 1.82) is 0 Å². The maximum Gasteiger partial charge on any atom is 0.417 e. The number of hydrogen-bond acceptors (Lipinski definition) is 4. The largest absolute Gasteiger partial charge is 0.417 e. The highest BCUT2D eigenvalue weighted by Gasteiger charge is 2.35. The van der Waals surface area contributed by atoms with E-state index in [4.69, 9.17) is 0 Å². The van der Waals surface area contributed by atoms with E-state index < -0.39 is 23.2 Å². The Kier molecular flexibility index (Phi) is 12.0. The second-order valence-corrected chi connectivity index (χ2v) is 13.4. The van der Waals surface area contributed by atoms with Crippen LogP contribution >= 0.6 is 0 Å². The summed E-state index contributed by atoms with van der Waals surface area (Å²) in [4.78, 5) is 41.0. The Morgan fingerprint density at radius 3 is 2.46 bits per heavy atom. The molecule has 1 aliphatic heterocycles. The Balaban J connectivity index is 1.30. The van der Waals surface area contributed by atoms with Crippen molar-refractivity contribution in [2.45, 2.75) is 83.7 Å². The van der Waals surface area contributed by atoms with Gasteiger partial charge >= 0.3 is 6.18 Å². The molecule has 2 amide bonds. The zero-order chi connectivity index (χ0) is 34.1. The van der Waals surface area contributed by atoms with Crippen LogP contribution in [0.5, 0.6) is 0 Å². The van der Waals surface area contributed by atoms with Gasteiger partial charge in [0.05, 0.1) is 11.1 Å². The Labute approximate surface area is 281 Å². The molecule has 9 heteroatoms. The van der Waals surface area contributed by atoms with Crippen LogP contribution < -0.4 is 15.5 Å². The van der Waals surface area contributed by atoms with Gasteiger partial charge in [0.2, 0.25) is 0 Å². The topological polar surface area (TPSA) is 78.5 Å². The first-order valence-electron chi connectivity index (χ1n) is 17.3. The number of aryl methyl sites for hydroxylation is 1. The van der Waals surface area contributed by atoms with Gasteiger partial charge in [-0.15, -0.1) is 0 Å². The van der Waals surface area contributed by atoms with Crippen LogP contribution in [0, 0.1) is 18.8 Å². The molecule has 0 aromatic heterocycles. The number of alkyl halides is 3. The second-order valence-electron chi connectivity index (χ2n) is 13.4. The highest BCUT2D eigenvalue weighted by atomic mass is 19.4. The number of nitrogens with zero attached hydrogens (tertiary/aromatic N) is 1. The summed E-state index contributed by atoms with van der Waals surface area (Å²) in [6.07, 6.45) is 4.77. The highest BCUT2D eigenvalue weighted by Crippen LogP contribution is 2.34. The summed E-state index contributed by atoms with van der Waals surface area (Å²) in [5, 5.41) is 5.69. The summed E-state index contributed by atoms with van der Waals surface area (Å²) in [5.41, 5.74) is 2.45. The summed E-state index contributed by atoms with van der Waals surface area (Å²) < 4.78 is 41.3. The van der Waals surface area contributed by atoms with Crippen LogP contribution in [0.3, 0.4) is 0 Å². The zero-order valence-corrected chi connectivity index (χ0v) is 27.7. The molecule has 5 rings (SSSR count). The molecule has 2 aliphatic rings. The van der Waals surface area contributed by atoms with Crippen LogP contribution in [-0.4, -0.2) is 37.2 Å². The van der Waals surface area contributed by atoms with Gasteiger partial charge in [0.15, 0.2) is 0 Å².